The minimum atomic E-state index is -1.46. The standard InChI is InChI=1S/C16H23NO7/c1-22-16-15(21)14(20)13(19)11(24-16)8-23-12(18)7-10(17)9-5-3-2-4-6-9/h2-6,10-11,13-16,19-21H,7-8,17H2,1H3/t10-,11+,13+,14-,15+,16-/m0/s1. The topological polar surface area (TPSA) is 131 Å². The van der Waals surface area contributed by atoms with Gasteiger partial charge in [0.15, 0.2) is 6.29 Å². The Hall–Kier alpha value is -1.55. The molecular weight excluding hydrogens is 318 g/mol. The Morgan fingerprint density at radius 3 is 2.50 bits per heavy atom. The molecule has 0 radical (unpaired) electrons. The number of esters is 1. The van der Waals surface area contributed by atoms with E-state index in [0.717, 1.165) is 5.56 Å². The molecular formula is C16H23NO7. The van der Waals surface area contributed by atoms with E-state index in [1.807, 2.05) is 30.3 Å². The van der Waals surface area contributed by atoms with Gasteiger partial charge in [0.25, 0.3) is 0 Å². The first-order chi connectivity index (χ1) is 11.4. The van der Waals surface area contributed by atoms with E-state index in [-0.39, 0.29) is 13.0 Å². The van der Waals surface area contributed by atoms with Crippen molar-refractivity contribution < 1.29 is 34.3 Å². The zero-order valence-corrected chi connectivity index (χ0v) is 13.3. The summed E-state index contributed by atoms with van der Waals surface area (Å²) < 4.78 is 15.2. The van der Waals surface area contributed by atoms with Crippen molar-refractivity contribution in [2.45, 2.75) is 43.2 Å². The van der Waals surface area contributed by atoms with Crippen molar-refractivity contribution >= 4 is 5.97 Å². The van der Waals surface area contributed by atoms with Crippen LogP contribution in [-0.2, 0) is 19.0 Å². The summed E-state index contributed by atoms with van der Waals surface area (Å²) in [5, 5.41) is 29.3. The highest BCUT2D eigenvalue weighted by atomic mass is 16.7. The molecule has 8 heteroatoms. The number of carbonyl (C=O) groups is 1. The predicted molar refractivity (Wildman–Crippen MR) is 82.6 cm³/mol. The maximum absolute atomic E-state index is 11.9. The summed E-state index contributed by atoms with van der Waals surface area (Å²) in [4.78, 5) is 11.9. The maximum Gasteiger partial charge on any atom is 0.307 e. The number of hydrogen-bond donors (Lipinski definition) is 4. The van der Waals surface area contributed by atoms with Gasteiger partial charge in [0.05, 0.1) is 6.42 Å². The fraction of sp³-hybridized carbons (Fsp3) is 0.562. The van der Waals surface area contributed by atoms with Crippen LogP contribution >= 0.6 is 0 Å². The molecule has 24 heavy (non-hydrogen) atoms. The Bertz CT molecular complexity index is 524. The third-order valence-corrected chi connectivity index (χ3v) is 3.92. The van der Waals surface area contributed by atoms with Crippen LogP contribution < -0.4 is 5.73 Å². The van der Waals surface area contributed by atoms with E-state index in [9.17, 15) is 20.1 Å². The van der Waals surface area contributed by atoms with Crippen molar-refractivity contribution in [2.24, 2.45) is 5.73 Å². The molecule has 5 N–H and O–H groups in total. The minimum absolute atomic E-state index is 0.0360. The molecule has 0 aromatic heterocycles. The lowest BCUT2D eigenvalue weighted by Crippen LogP contribution is -2.59. The summed E-state index contributed by atoms with van der Waals surface area (Å²) in [7, 11) is 1.29. The first-order valence-corrected chi connectivity index (χ1v) is 7.62. The van der Waals surface area contributed by atoms with Crippen molar-refractivity contribution in [3.8, 4) is 0 Å². The van der Waals surface area contributed by atoms with Crippen molar-refractivity contribution in [3.63, 3.8) is 0 Å². The van der Waals surface area contributed by atoms with Gasteiger partial charge in [-0.2, -0.15) is 0 Å². The molecule has 1 aliphatic rings. The Balaban J connectivity index is 1.84. The quantitative estimate of drug-likeness (QED) is 0.488. The summed E-state index contributed by atoms with van der Waals surface area (Å²) in [5.41, 5.74) is 6.75. The van der Waals surface area contributed by atoms with E-state index < -0.39 is 42.7 Å². The van der Waals surface area contributed by atoms with Crippen molar-refractivity contribution in [1.29, 1.82) is 0 Å². The van der Waals surface area contributed by atoms with Crippen LogP contribution in [-0.4, -0.2) is 65.7 Å². The highest BCUT2D eigenvalue weighted by molar-refractivity contribution is 5.70. The SMILES string of the molecule is CO[C@H]1O[C@H](COC(=O)C[C@H](N)c2ccccc2)[C@@H](O)[C@H](O)[C@H]1O. The number of methoxy groups -OCH3 is 1. The predicted octanol–water partition coefficient (Wildman–Crippen LogP) is -0.926. The summed E-state index contributed by atoms with van der Waals surface area (Å²) in [6, 6.07) is 8.62. The number of nitrogens with two attached hydrogens (primary N) is 1. The van der Waals surface area contributed by atoms with Crippen molar-refractivity contribution in [1.82, 2.24) is 0 Å². The van der Waals surface area contributed by atoms with Crippen LogP contribution in [0.25, 0.3) is 0 Å². The van der Waals surface area contributed by atoms with E-state index in [2.05, 4.69) is 0 Å². The molecule has 6 atom stereocenters. The van der Waals surface area contributed by atoms with E-state index in [4.69, 9.17) is 19.9 Å². The number of benzene rings is 1. The summed E-state index contributed by atoms with van der Waals surface area (Å²) in [6.07, 6.45) is -6.40. The normalized spacial score (nSPS) is 31.5. The summed E-state index contributed by atoms with van der Waals surface area (Å²) in [5.74, 6) is -0.559. The van der Waals surface area contributed by atoms with E-state index in [1.165, 1.54) is 7.11 Å². The van der Waals surface area contributed by atoms with Crippen LogP contribution in [0.3, 0.4) is 0 Å². The lowest BCUT2D eigenvalue weighted by atomic mass is 9.99. The zero-order valence-electron chi connectivity index (χ0n) is 13.3. The molecule has 8 nitrogen and oxygen atoms in total. The minimum Gasteiger partial charge on any atom is -0.463 e. The van der Waals surface area contributed by atoms with Gasteiger partial charge in [-0.3, -0.25) is 4.79 Å². The smallest absolute Gasteiger partial charge is 0.307 e. The fourth-order valence-electron chi connectivity index (χ4n) is 2.48. The average molecular weight is 341 g/mol. The van der Waals surface area contributed by atoms with E-state index >= 15 is 0 Å². The second-order valence-electron chi connectivity index (χ2n) is 5.65. The van der Waals surface area contributed by atoms with Crippen molar-refractivity contribution in [3.05, 3.63) is 35.9 Å². The lowest BCUT2D eigenvalue weighted by Gasteiger charge is -2.39. The number of ether oxygens (including phenoxy) is 3. The molecule has 0 saturated carbocycles. The average Bonchev–Trinajstić information content (AvgIpc) is 2.60. The molecule has 0 aliphatic carbocycles. The number of aliphatic hydroxyl groups excluding tert-OH is 3. The molecule has 1 aliphatic heterocycles. The van der Waals surface area contributed by atoms with E-state index in [0.29, 0.717) is 0 Å². The van der Waals surface area contributed by atoms with Gasteiger partial charge >= 0.3 is 5.97 Å². The second kappa shape index (κ2) is 8.52. The zero-order chi connectivity index (χ0) is 17.7. The monoisotopic (exact) mass is 341 g/mol. The molecule has 0 unspecified atom stereocenters. The summed E-state index contributed by atoms with van der Waals surface area (Å²) in [6.45, 7) is -0.287. The first-order valence-electron chi connectivity index (χ1n) is 7.62. The molecule has 1 aromatic rings. The van der Waals surface area contributed by atoms with Crippen LogP contribution in [0.4, 0.5) is 0 Å². The van der Waals surface area contributed by atoms with Crippen LogP contribution in [0.5, 0.6) is 0 Å². The maximum atomic E-state index is 11.9. The van der Waals surface area contributed by atoms with Gasteiger partial charge in [0, 0.05) is 13.2 Å². The molecule has 0 spiro atoms. The van der Waals surface area contributed by atoms with Gasteiger partial charge in [-0.25, -0.2) is 0 Å². The van der Waals surface area contributed by atoms with Crippen LogP contribution in [0.2, 0.25) is 0 Å². The summed E-state index contributed by atoms with van der Waals surface area (Å²) >= 11 is 0. The van der Waals surface area contributed by atoms with E-state index in [1.54, 1.807) is 0 Å². The number of hydrogen-bond acceptors (Lipinski definition) is 8. The molecule has 1 aromatic carbocycles. The van der Waals surface area contributed by atoms with Gasteiger partial charge in [-0.15, -0.1) is 0 Å². The Labute approximate surface area is 139 Å². The van der Waals surface area contributed by atoms with Gasteiger partial charge in [0.1, 0.15) is 31.0 Å². The lowest BCUT2D eigenvalue weighted by molar-refractivity contribution is -0.295. The third-order valence-electron chi connectivity index (χ3n) is 3.92. The Morgan fingerprint density at radius 1 is 1.21 bits per heavy atom. The molecule has 0 bridgehead atoms. The van der Waals surface area contributed by atoms with Crippen LogP contribution in [0, 0.1) is 0 Å². The highest BCUT2D eigenvalue weighted by Gasteiger charge is 2.44. The molecule has 1 fully saturated rings. The van der Waals surface area contributed by atoms with Gasteiger partial charge < -0.3 is 35.3 Å². The molecule has 0 amide bonds. The van der Waals surface area contributed by atoms with Crippen LogP contribution in [0.1, 0.15) is 18.0 Å². The largest absolute Gasteiger partial charge is 0.463 e. The first kappa shape index (κ1) is 18.8. The number of carbonyl (C=O) groups excluding carboxylic acids is 1. The molecule has 134 valence electrons. The van der Waals surface area contributed by atoms with Crippen LogP contribution in [0.15, 0.2) is 30.3 Å². The fourth-order valence-corrected chi connectivity index (χ4v) is 2.48. The Kier molecular flexibility index (Phi) is 6.67. The number of rotatable bonds is 6. The second-order valence-corrected chi connectivity index (χ2v) is 5.65. The van der Waals surface area contributed by atoms with Gasteiger partial charge in [0.2, 0.25) is 0 Å². The van der Waals surface area contributed by atoms with Gasteiger partial charge in [-0.05, 0) is 5.56 Å². The molecule has 1 saturated heterocycles. The number of aliphatic hydroxyl groups is 3. The molecule has 1 heterocycles. The van der Waals surface area contributed by atoms with Gasteiger partial charge in [-0.1, -0.05) is 30.3 Å². The highest BCUT2D eigenvalue weighted by Crippen LogP contribution is 2.22. The van der Waals surface area contributed by atoms with Crippen molar-refractivity contribution in [2.75, 3.05) is 13.7 Å². The third kappa shape index (κ3) is 4.50. The molecule has 2 rings (SSSR count). The Morgan fingerprint density at radius 2 is 1.88 bits per heavy atom.